The molecule has 0 spiro atoms. The highest BCUT2D eigenvalue weighted by atomic mass is 15.0. The Morgan fingerprint density at radius 3 is 0.919 bits per heavy atom. The van der Waals surface area contributed by atoms with E-state index in [0.717, 1.165) is 11.4 Å². The molecule has 0 amide bonds. The lowest BCUT2D eigenvalue weighted by atomic mass is 9.92. The van der Waals surface area contributed by atoms with Crippen LogP contribution in [0.15, 0.2) is 291 Å². The van der Waals surface area contributed by atoms with Crippen LogP contribution in [0.1, 0.15) is 0 Å². The van der Waals surface area contributed by atoms with Crippen LogP contribution in [0.5, 0.6) is 0 Å². The van der Waals surface area contributed by atoms with Gasteiger partial charge in [0.05, 0.1) is 22.1 Å². The van der Waals surface area contributed by atoms with Crippen molar-refractivity contribution in [2.45, 2.75) is 0 Å². The molecule has 0 aliphatic carbocycles. The minimum Gasteiger partial charge on any atom is -0.309 e. The third-order valence-electron chi connectivity index (χ3n) is 15.0. The Hall–Kier alpha value is -9.76. The third-order valence-corrected chi connectivity index (χ3v) is 15.0. The SMILES string of the molecule is c1ccc(-c2ccc(-n3c4ccccc4c4cc(-c5ccc6c(c5)c5ccccc5n6-c5ccc(-c6ccccc6-c6ccc(-c7cccc(-c8cccc(-c9ccccc9)c8)c7)cc6)cc5)ccc43)cc2)cc1. The van der Waals surface area contributed by atoms with Gasteiger partial charge in [-0.25, -0.2) is 0 Å². The molecule has 14 rings (SSSR count). The molecule has 0 radical (unpaired) electrons. The lowest BCUT2D eigenvalue weighted by Gasteiger charge is -2.13. The monoisotopic (exact) mass is 940 g/mol. The average Bonchev–Trinajstić information content (AvgIpc) is 4.02. The van der Waals surface area contributed by atoms with Gasteiger partial charge in [0.25, 0.3) is 0 Å². The predicted octanol–water partition coefficient (Wildman–Crippen LogP) is 19.5. The standard InChI is InChI=1S/C72H48N2/c1-3-15-49(16-4-1)51-33-39-61(40-34-51)73-69-27-11-9-25-65(69)67-47-59(37-43-71(67)73)60-38-44-72-68(48-60)66-26-10-12-28-70(66)74(72)62-41-35-54(36-42-62)64-24-8-7-23-63(64)53-31-29-52(30-32-53)56-20-14-22-58(46-56)57-21-13-19-55(45-57)50-17-5-2-6-18-50/h1-48H. The van der Waals surface area contributed by atoms with E-state index in [0.29, 0.717) is 0 Å². The molecule has 0 aliphatic rings. The number of aromatic nitrogens is 2. The average molecular weight is 941 g/mol. The van der Waals surface area contributed by atoms with Crippen molar-refractivity contribution < 1.29 is 0 Å². The lowest BCUT2D eigenvalue weighted by molar-refractivity contribution is 1.18. The van der Waals surface area contributed by atoms with E-state index in [9.17, 15) is 0 Å². The van der Waals surface area contributed by atoms with Gasteiger partial charge in [-0.05, 0) is 151 Å². The third kappa shape index (κ3) is 7.60. The largest absolute Gasteiger partial charge is 0.309 e. The van der Waals surface area contributed by atoms with E-state index >= 15 is 0 Å². The fourth-order valence-electron chi connectivity index (χ4n) is 11.3. The first kappa shape index (κ1) is 43.1. The molecule has 74 heavy (non-hydrogen) atoms. The molecule has 0 aliphatic heterocycles. The highest BCUT2D eigenvalue weighted by Crippen LogP contribution is 2.40. The van der Waals surface area contributed by atoms with Crippen molar-refractivity contribution in [2.24, 2.45) is 0 Å². The number of hydrogen-bond donors (Lipinski definition) is 0. The Labute approximate surface area is 431 Å². The molecule has 0 unspecified atom stereocenters. The molecule has 2 nitrogen and oxygen atoms in total. The molecule has 346 valence electrons. The maximum absolute atomic E-state index is 2.41. The number of fused-ring (bicyclic) bond motifs is 6. The molecular weight excluding hydrogens is 893 g/mol. The van der Waals surface area contributed by atoms with Gasteiger partial charge >= 0.3 is 0 Å². The van der Waals surface area contributed by atoms with Crippen LogP contribution in [0.4, 0.5) is 0 Å². The Morgan fingerprint density at radius 1 is 0.162 bits per heavy atom. The van der Waals surface area contributed by atoms with Crippen LogP contribution >= 0.6 is 0 Å². The van der Waals surface area contributed by atoms with Gasteiger partial charge in [-0.3, -0.25) is 0 Å². The zero-order chi connectivity index (χ0) is 49.0. The van der Waals surface area contributed by atoms with E-state index in [1.165, 1.54) is 122 Å². The van der Waals surface area contributed by atoms with E-state index in [4.69, 9.17) is 0 Å². The molecule has 2 aromatic heterocycles. The maximum atomic E-state index is 2.41. The van der Waals surface area contributed by atoms with Gasteiger partial charge in [-0.2, -0.15) is 0 Å². The molecule has 12 aromatic carbocycles. The van der Waals surface area contributed by atoms with Gasteiger partial charge < -0.3 is 9.13 Å². The van der Waals surface area contributed by atoms with Crippen molar-refractivity contribution in [3.8, 4) is 89.3 Å². The molecule has 0 fully saturated rings. The minimum absolute atomic E-state index is 1.13. The Bertz CT molecular complexity index is 4370. The van der Waals surface area contributed by atoms with Gasteiger partial charge in [0.2, 0.25) is 0 Å². The van der Waals surface area contributed by atoms with Crippen LogP contribution in [-0.2, 0) is 0 Å². The first-order valence-electron chi connectivity index (χ1n) is 25.5. The van der Waals surface area contributed by atoms with Crippen LogP contribution in [-0.4, -0.2) is 9.13 Å². The minimum atomic E-state index is 1.13. The molecule has 0 saturated carbocycles. The van der Waals surface area contributed by atoms with Crippen molar-refractivity contribution in [3.63, 3.8) is 0 Å². The van der Waals surface area contributed by atoms with E-state index in [1.807, 2.05) is 0 Å². The van der Waals surface area contributed by atoms with Gasteiger partial charge in [0, 0.05) is 32.9 Å². The van der Waals surface area contributed by atoms with Crippen molar-refractivity contribution in [1.29, 1.82) is 0 Å². The second-order valence-corrected chi connectivity index (χ2v) is 19.3. The highest BCUT2D eigenvalue weighted by Gasteiger charge is 2.17. The normalized spacial score (nSPS) is 11.5. The molecular formula is C72H48N2. The summed E-state index contributed by atoms with van der Waals surface area (Å²) in [5.41, 5.74) is 24.0. The number of benzene rings is 12. The van der Waals surface area contributed by atoms with Crippen LogP contribution in [0.2, 0.25) is 0 Å². The van der Waals surface area contributed by atoms with Crippen molar-refractivity contribution >= 4 is 43.6 Å². The van der Waals surface area contributed by atoms with Crippen LogP contribution in [0.3, 0.4) is 0 Å². The summed E-state index contributed by atoms with van der Waals surface area (Å²) >= 11 is 0. The molecule has 14 aromatic rings. The van der Waals surface area contributed by atoms with Gasteiger partial charge in [0.15, 0.2) is 0 Å². The molecule has 0 saturated heterocycles. The molecule has 0 N–H and O–H groups in total. The highest BCUT2D eigenvalue weighted by molar-refractivity contribution is 6.13. The number of para-hydroxylation sites is 2. The van der Waals surface area contributed by atoms with Crippen molar-refractivity contribution in [3.05, 3.63) is 291 Å². The summed E-state index contributed by atoms with van der Waals surface area (Å²) < 4.78 is 4.81. The summed E-state index contributed by atoms with van der Waals surface area (Å²) in [5.74, 6) is 0. The van der Waals surface area contributed by atoms with Crippen LogP contribution < -0.4 is 0 Å². The fraction of sp³-hybridized carbons (Fsp3) is 0. The van der Waals surface area contributed by atoms with Gasteiger partial charge in [0.1, 0.15) is 0 Å². The van der Waals surface area contributed by atoms with Crippen molar-refractivity contribution in [1.82, 2.24) is 9.13 Å². The van der Waals surface area contributed by atoms with Crippen LogP contribution in [0.25, 0.3) is 133 Å². The summed E-state index contributed by atoms with van der Waals surface area (Å²) in [7, 11) is 0. The Kier molecular flexibility index (Phi) is 10.6. The molecule has 0 atom stereocenters. The molecule has 2 heteroatoms. The fourth-order valence-corrected chi connectivity index (χ4v) is 11.3. The number of hydrogen-bond acceptors (Lipinski definition) is 0. The second kappa shape index (κ2) is 18.1. The van der Waals surface area contributed by atoms with Crippen LogP contribution in [0, 0.1) is 0 Å². The zero-order valence-electron chi connectivity index (χ0n) is 40.6. The summed E-state index contributed by atoms with van der Waals surface area (Å²) in [4.78, 5) is 0. The zero-order valence-corrected chi connectivity index (χ0v) is 40.6. The van der Waals surface area contributed by atoms with Gasteiger partial charge in [-0.15, -0.1) is 0 Å². The van der Waals surface area contributed by atoms with E-state index in [2.05, 4.69) is 300 Å². The second-order valence-electron chi connectivity index (χ2n) is 19.3. The maximum Gasteiger partial charge on any atom is 0.0541 e. The molecule has 0 bridgehead atoms. The first-order valence-corrected chi connectivity index (χ1v) is 25.5. The lowest BCUT2D eigenvalue weighted by Crippen LogP contribution is -1.94. The smallest absolute Gasteiger partial charge is 0.0541 e. The first-order chi connectivity index (χ1) is 36.7. The molecule has 2 heterocycles. The summed E-state index contributed by atoms with van der Waals surface area (Å²) in [5, 5.41) is 4.97. The predicted molar refractivity (Wildman–Crippen MR) is 313 cm³/mol. The number of nitrogens with zero attached hydrogens (tertiary/aromatic N) is 2. The van der Waals surface area contributed by atoms with E-state index < -0.39 is 0 Å². The number of rotatable bonds is 9. The van der Waals surface area contributed by atoms with Gasteiger partial charge in [-0.1, -0.05) is 218 Å². The summed E-state index contributed by atoms with van der Waals surface area (Å²) in [6, 6.07) is 106. The Morgan fingerprint density at radius 2 is 0.446 bits per heavy atom. The summed E-state index contributed by atoms with van der Waals surface area (Å²) in [6.07, 6.45) is 0. The van der Waals surface area contributed by atoms with Crippen molar-refractivity contribution in [2.75, 3.05) is 0 Å². The quantitative estimate of drug-likeness (QED) is 0.136. The Balaban J connectivity index is 0.762. The van der Waals surface area contributed by atoms with E-state index in [-0.39, 0.29) is 0 Å². The topological polar surface area (TPSA) is 9.86 Å². The van der Waals surface area contributed by atoms with E-state index in [1.54, 1.807) is 0 Å². The summed E-state index contributed by atoms with van der Waals surface area (Å²) in [6.45, 7) is 0.